The van der Waals surface area contributed by atoms with Crippen molar-refractivity contribution in [2.24, 2.45) is 0 Å². The third-order valence-electron chi connectivity index (χ3n) is 4.73. The van der Waals surface area contributed by atoms with Crippen LogP contribution in [-0.2, 0) is 5.66 Å². The van der Waals surface area contributed by atoms with Gasteiger partial charge < -0.3 is 9.80 Å². The molecular formula is C17H19N3O2. The predicted octanol–water partition coefficient (Wildman–Crippen LogP) is 3.74. The van der Waals surface area contributed by atoms with E-state index in [1.165, 1.54) is 5.56 Å². The molecule has 0 radical (unpaired) electrons. The van der Waals surface area contributed by atoms with Gasteiger partial charge in [-0.3, -0.25) is 10.1 Å². The number of nitro benzene ring substituents is 1. The van der Waals surface area contributed by atoms with E-state index in [1.54, 1.807) is 12.1 Å². The summed E-state index contributed by atoms with van der Waals surface area (Å²) >= 11 is 0. The van der Waals surface area contributed by atoms with Crippen molar-refractivity contribution in [2.75, 3.05) is 23.9 Å². The summed E-state index contributed by atoms with van der Waals surface area (Å²) in [5, 5.41) is 11.1. The first-order valence-corrected chi connectivity index (χ1v) is 7.34. The minimum Gasteiger partial charge on any atom is -0.346 e. The van der Waals surface area contributed by atoms with Crippen LogP contribution in [-0.4, -0.2) is 19.0 Å². The summed E-state index contributed by atoms with van der Waals surface area (Å²) in [4.78, 5) is 15.1. The maximum Gasteiger partial charge on any atom is 0.271 e. The van der Waals surface area contributed by atoms with Crippen molar-refractivity contribution in [2.45, 2.75) is 19.0 Å². The average molecular weight is 297 g/mol. The molecule has 5 nitrogen and oxygen atoms in total. The van der Waals surface area contributed by atoms with Crippen molar-refractivity contribution in [3.8, 4) is 0 Å². The van der Waals surface area contributed by atoms with Crippen LogP contribution in [0, 0.1) is 10.1 Å². The lowest BCUT2D eigenvalue weighted by Gasteiger charge is -2.43. The molecule has 1 heterocycles. The van der Waals surface area contributed by atoms with Gasteiger partial charge in [-0.2, -0.15) is 0 Å². The number of rotatable bonds is 3. The van der Waals surface area contributed by atoms with Crippen molar-refractivity contribution in [1.82, 2.24) is 0 Å². The summed E-state index contributed by atoms with van der Waals surface area (Å²) in [6.45, 7) is 2.14. The summed E-state index contributed by atoms with van der Waals surface area (Å²) in [5.41, 5.74) is 2.89. The van der Waals surface area contributed by atoms with E-state index in [4.69, 9.17) is 0 Å². The van der Waals surface area contributed by atoms with Gasteiger partial charge in [-0.05, 0) is 18.1 Å². The number of benzene rings is 2. The van der Waals surface area contributed by atoms with Gasteiger partial charge in [-0.1, -0.05) is 37.3 Å². The lowest BCUT2D eigenvalue weighted by Crippen LogP contribution is -2.51. The molecule has 2 aromatic rings. The molecule has 1 aliphatic rings. The van der Waals surface area contributed by atoms with Crippen LogP contribution in [0.3, 0.4) is 0 Å². The third-order valence-corrected chi connectivity index (χ3v) is 4.73. The molecule has 0 fully saturated rings. The van der Waals surface area contributed by atoms with Gasteiger partial charge in [0.1, 0.15) is 5.66 Å². The minimum atomic E-state index is -0.345. The van der Waals surface area contributed by atoms with Gasteiger partial charge in [0.25, 0.3) is 5.69 Å². The highest BCUT2D eigenvalue weighted by Gasteiger charge is 2.46. The Balaban J connectivity index is 2.18. The lowest BCUT2D eigenvalue weighted by atomic mass is 9.94. The van der Waals surface area contributed by atoms with Crippen LogP contribution < -0.4 is 9.80 Å². The van der Waals surface area contributed by atoms with Crippen molar-refractivity contribution < 1.29 is 4.92 Å². The highest BCUT2D eigenvalue weighted by Crippen LogP contribution is 2.50. The fourth-order valence-electron chi connectivity index (χ4n) is 3.57. The smallest absolute Gasteiger partial charge is 0.271 e. The van der Waals surface area contributed by atoms with E-state index in [2.05, 4.69) is 28.9 Å². The number of nitrogens with zero attached hydrogens (tertiary/aromatic N) is 3. The Bertz CT molecular complexity index is 717. The van der Waals surface area contributed by atoms with Crippen molar-refractivity contribution in [3.63, 3.8) is 0 Å². The second kappa shape index (κ2) is 5.02. The monoisotopic (exact) mass is 297 g/mol. The van der Waals surface area contributed by atoms with Gasteiger partial charge in [0.15, 0.2) is 0 Å². The topological polar surface area (TPSA) is 49.6 Å². The van der Waals surface area contributed by atoms with Crippen LogP contribution in [0.2, 0.25) is 0 Å². The summed E-state index contributed by atoms with van der Waals surface area (Å²) in [6, 6.07) is 15.3. The molecule has 114 valence electrons. The second-order valence-electron chi connectivity index (χ2n) is 5.58. The van der Waals surface area contributed by atoms with E-state index < -0.39 is 0 Å². The van der Waals surface area contributed by atoms with E-state index >= 15 is 0 Å². The number of non-ortho nitro benzene ring substituents is 1. The molecule has 1 aliphatic heterocycles. The number of fused-ring (bicyclic) bond motifs is 1. The van der Waals surface area contributed by atoms with E-state index in [-0.39, 0.29) is 16.3 Å². The highest BCUT2D eigenvalue weighted by atomic mass is 16.6. The van der Waals surface area contributed by atoms with Crippen LogP contribution in [0.15, 0.2) is 48.5 Å². The van der Waals surface area contributed by atoms with Gasteiger partial charge in [0.2, 0.25) is 0 Å². The molecule has 0 bridgehead atoms. The summed E-state index contributed by atoms with van der Waals surface area (Å²) in [7, 11) is 4.05. The largest absolute Gasteiger partial charge is 0.346 e. The van der Waals surface area contributed by atoms with Gasteiger partial charge in [0, 0.05) is 26.2 Å². The Morgan fingerprint density at radius 2 is 1.68 bits per heavy atom. The highest BCUT2D eigenvalue weighted by molar-refractivity contribution is 5.81. The van der Waals surface area contributed by atoms with Crippen molar-refractivity contribution in [3.05, 3.63) is 64.2 Å². The zero-order valence-corrected chi connectivity index (χ0v) is 13.0. The Labute approximate surface area is 129 Å². The quantitative estimate of drug-likeness (QED) is 0.639. The van der Waals surface area contributed by atoms with Crippen molar-refractivity contribution in [1.29, 1.82) is 0 Å². The van der Waals surface area contributed by atoms with Gasteiger partial charge in [0.05, 0.1) is 16.3 Å². The molecule has 0 saturated carbocycles. The fraction of sp³-hybridized carbons (Fsp3) is 0.294. The molecule has 3 rings (SSSR count). The second-order valence-corrected chi connectivity index (χ2v) is 5.58. The van der Waals surface area contributed by atoms with Crippen LogP contribution in [0.5, 0.6) is 0 Å². The van der Waals surface area contributed by atoms with Crippen LogP contribution in [0.4, 0.5) is 17.1 Å². The zero-order valence-electron chi connectivity index (χ0n) is 13.0. The van der Waals surface area contributed by atoms with Gasteiger partial charge >= 0.3 is 0 Å². The van der Waals surface area contributed by atoms with E-state index in [0.717, 1.165) is 17.8 Å². The maximum atomic E-state index is 11.1. The first-order valence-electron chi connectivity index (χ1n) is 7.34. The molecule has 0 aromatic heterocycles. The third kappa shape index (κ3) is 1.78. The first-order chi connectivity index (χ1) is 10.5. The first kappa shape index (κ1) is 14.4. The maximum absolute atomic E-state index is 11.1. The molecule has 0 amide bonds. The van der Waals surface area contributed by atoms with E-state index in [0.29, 0.717) is 0 Å². The van der Waals surface area contributed by atoms with Gasteiger partial charge in [-0.25, -0.2) is 0 Å². The number of nitro groups is 1. The zero-order chi connectivity index (χ0) is 15.9. The van der Waals surface area contributed by atoms with E-state index in [9.17, 15) is 10.1 Å². The normalized spacial score (nSPS) is 20.1. The van der Waals surface area contributed by atoms with Gasteiger partial charge in [-0.15, -0.1) is 0 Å². The van der Waals surface area contributed by atoms with Crippen LogP contribution in [0.1, 0.15) is 18.9 Å². The number of hydrogen-bond acceptors (Lipinski definition) is 4. The Morgan fingerprint density at radius 1 is 1.05 bits per heavy atom. The fourth-order valence-corrected chi connectivity index (χ4v) is 3.57. The number of anilines is 2. The predicted molar refractivity (Wildman–Crippen MR) is 88.3 cm³/mol. The number of hydrogen-bond donors (Lipinski definition) is 0. The summed E-state index contributed by atoms with van der Waals surface area (Å²) in [6.07, 6.45) is 0.868. The Hall–Kier alpha value is -2.56. The SMILES string of the molecule is CC[C@]1(c2ccccc2)N(C)c2ccc([N+](=O)[O-])cc2N1C. The molecule has 0 saturated heterocycles. The molecular weight excluding hydrogens is 278 g/mol. The summed E-state index contributed by atoms with van der Waals surface area (Å²) < 4.78 is 0. The molecule has 0 spiro atoms. The molecule has 0 unspecified atom stereocenters. The molecule has 2 aromatic carbocycles. The average Bonchev–Trinajstić information content (AvgIpc) is 2.76. The van der Waals surface area contributed by atoms with Crippen LogP contribution in [0.25, 0.3) is 0 Å². The standard InChI is InChI=1S/C17H19N3O2/c1-4-17(13-8-6-5-7-9-13)18(2)15-11-10-14(20(21)22)12-16(15)19(17)3/h5-12H,4H2,1-3H3/t17-/m0/s1. The lowest BCUT2D eigenvalue weighted by molar-refractivity contribution is -0.384. The Morgan fingerprint density at radius 3 is 2.27 bits per heavy atom. The molecule has 0 N–H and O–H groups in total. The van der Waals surface area contributed by atoms with E-state index in [1.807, 2.05) is 38.4 Å². The molecule has 0 aliphatic carbocycles. The minimum absolute atomic E-state index is 0.124. The van der Waals surface area contributed by atoms with Crippen LogP contribution >= 0.6 is 0 Å². The van der Waals surface area contributed by atoms with Crippen molar-refractivity contribution >= 4 is 17.1 Å². The molecule has 22 heavy (non-hydrogen) atoms. The molecule has 1 atom stereocenters. The Kier molecular flexibility index (Phi) is 3.28. The molecule has 5 heteroatoms. The summed E-state index contributed by atoms with van der Waals surface area (Å²) in [5.74, 6) is 0.